The van der Waals surface area contributed by atoms with E-state index >= 15 is 0 Å². The predicted octanol–water partition coefficient (Wildman–Crippen LogP) is 2.35. The summed E-state index contributed by atoms with van der Waals surface area (Å²) in [6.07, 6.45) is 5.25. The molecule has 2 fully saturated rings. The fraction of sp³-hybridized carbons (Fsp3) is 0.650. The summed E-state index contributed by atoms with van der Waals surface area (Å²) >= 11 is 0. The highest BCUT2D eigenvalue weighted by Crippen LogP contribution is 2.25. The van der Waals surface area contributed by atoms with Crippen molar-refractivity contribution in [3.8, 4) is 5.75 Å². The minimum Gasteiger partial charge on any atom is -0.494 e. The highest BCUT2D eigenvalue weighted by atomic mass is 32.2. The summed E-state index contributed by atoms with van der Waals surface area (Å²) in [6, 6.07) is 7.19. The first kappa shape index (κ1) is 21.1. The van der Waals surface area contributed by atoms with Gasteiger partial charge in [0.15, 0.2) is 0 Å². The van der Waals surface area contributed by atoms with E-state index in [0.717, 1.165) is 31.4 Å². The van der Waals surface area contributed by atoms with E-state index in [1.165, 1.54) is 10.7 Å². The summed E-state index contributed by atoms with van der Waals surface area (Å²) < 4.78 is 34.4. The molecule has 2 aliphatic rings. The van der Waals surface area contributed by atoms with E-state index in [9.17, 15) is 13.2 Å². The fourth-order valence-electron chi connectivity index (χ4n) is 3.98. The summed E-state index contributed by atoms with van der Waals surface area (Å²) in [5.41, 5.74) is 0.596. The molecule has 3 rings (SSSR count). The van der Waals surface area contributed by atoms with E-state index in [-0.39, 0.29) is 11.9 Å². The SMILES string of the molecule is CCOc1ccc(C(=O)N2CCN(S(=O)(=O)N(C)C3CCCCC3)CC2)cc1. The van der Waals surface area contributed by atoms with Crippen LogP contribution in [0.3, 0.4) is 0 Å². The lowest BCUT2D eigenvalue weighted by Crippen LogP contribution is -2.55. The molecule has 156 valence electrons. The van der Waals surface area contributed by atoms with Crippen molar-refractivity contribution in [3.05, 3.63) is 29.8 Å². The molecule has 0 bridgehead atoms. The molecule has 0 unspecified atom stereocenters. The van der Waals surface area contributed by atoms with Gasteiger partial charge < -0.3 is 9.64 Å². The van der Waals surface area contributed by atoms with Gasteiger partial charge in [-0.25, -0.2) is 0 Å². The van der Waals surface area contributed by atoms with Crippen LogP contribution in [-0.4, -0.2) is 73.7 Å². The zero-order valence-electron chi connectivity index (χ0n) is 16.8. The third-order valence-electron chi connectivity index (χ3n) is 5.72. The van der Waals surface area contributed by atoms with Crippen LogP contribution < -0.4 is 4.74 Å². The van der Waals surface area contributed by atoms with Crippen LogP contribution in [0.4, 0.5) is 0 Å². The second-order valence-corrected chi connectivity index (χ2v) is 9.45. The van der Waals surface area contributed by atoms with Gasteiger partial charge in [-0.3, -0.25) is 4.79 Å². The van der Waals surface area contributed by atoms with Crippen LogP contribution in [0.25, 0.3) is 0 Å². The van der Waals surface area contributed by atoms with E-state index < -0.39 is 10.2 Å². The Morgan fingerprint density at radius 3 is 2.25 bits per heavy atom. The maximum Gasteiger partial charge on any atom is 0.282 e. The Bertz CT molecular complexity index is 752. The van der Waals surface area contributed by atoms with Gasteiger partial charge in [-0.2, -0.15) is 17.0 Å². The van der Waals surface area contributed by atoms with Gasteiger partial charge in [-0.05, 0) is 44.0 Å². The summed E-state index contributed by atoms with van der Waals surface area (Å²) in [5, 5.41) is 0. The number of hydrogen-bond acceptors (Lipinski definition) is 4. The van der Waals surface area contributed by atoms with Crippen LogP contribution in [-0.2, 0) is 10.2 Å². The van der Waals surface area contributed by atoms with Gasteiger partial charge in [0.05, 0.1) is 6.61 Å². The van der Waals surface area contributed by atoms with Crippen molar-refractivity contribution >= 4 is 16.1 Å². The third-order valence-corrected chi connectivity index (χ3v) is 7.76. The first-order valence-corrected chi connectivity index (χ1v) is 11.6. The lowest BCUT2D eigenvalue weighted by atomic mass is 9.96. The molecule has 0 N–H and O–H groups in total. The lowest BCUT2D eigenvalue weighted by molar-refractivity contribution is 0.0693. The fourth-order valence-corrected chi connectivity index (χ4v) is 5.56. The molecular formula is C20H31N3O4S. The molecule has 0 radical (unpaired) electrons. The van der Waals surface area contributed by atoms with Crippen LogP contribution in [0.1, 0.15) is 49.4 Å². The molecule has 0 atom stereocenters. The number of nitrogens with zero attached hydrogens (tertiary/aromatic N) is 3. The predicted molar refractivity (Wildman–Crippen MR) is 109 cm³/mol. The van der Waals surface area contributed by atoms with Gasteiger partial charge in [-0.1, -0.05) is 19.3 Å². The third kappa shape index (κ3) is 4.67. The molecule has 1 aromatic carbocycles. The van der Waals surface area contributed by atoms with Gasteiger partial charge in [-0.15, -0.1) is 0 Å². The van der Waals surface area contributed by atoms with Gasteiger partial charge in [0, 0.05) is 44.8 Å². The second-order valence-electron chi connectivity index (χ2n) is 7.46. The smallest absolute Gasteiger partial charge is 0.282 e. The lowest BCUT2D eigenvalue weighted by Gasteiger charge is -2.38. The molecule has 0 spiro atoms. The maximum atomic E-state index is 13.0. The van der Waals surface area contributed by atoms with Crippen molar-refractivity contribution in [1.29, 1.82) is 0 Å². The minimum absolute atomic E-state index is 0.0688. The zero-order chi connectivity index (χ0) is 20.1. The van der Waals surface area contributed by atoms with Gasteiger partial charge in [0.1, 0.15) is 5.75 Å². The number of ether oxygens (including phenoxy) is 1. The molecule has 1 aromatic rings. The first-order valence-electron chi connectivity index (χ1n) is 10.2. The average Bonchev–Trinajstić information content (AvgIpc) is 2.74. The van der Waals surface area contributed by atoms with Crippen molar-refractivity contribution in [3.63, 3.8) is 0 Å². The van der Waals surface area contributed by atoms with E-state index in [4.69, 9.17) is 4.74 Å². The monoisotopic (exact) mass is 409 g/mol. The zero-order valence-corrected chi connectivity index (χ0v) is 17.7. The molecule has 7 nitrogen and oxygen atoms in total. The second kappa shape index (κ2) is 9.24. The van der Waals surface area contributed by atoms with Crippen LogP contribution in [0.2, 0.25) is 0 Å². The number of benzene rings is 1. The van der Waals surface area contributed by atoms with Gasteiger partial charge >= 0.3 is 0 Å². The van der Waals surface area contributed by atoms with Crippen LogP contribution >= 0.6 is 0 Å². The Labute approximate surface area is 168 Å². The summed E-state index contributed by atoms with van der Waals surface area (Å²) in [6.45, 7) is 3.98. The van der Waals surface area contributed by atoms with Crippen LogP contribution in [0.5, 0.6) is 5.75 Å². The van der Waals surface area contributed by atoms with Crippen molar-refractivity contribution in [2.24, 2.45) is 0 Å². The van der Waals surface area contributed by atoms with Crippen molar-refractivity contribution in [1.82, 2.24) is 13.5 Å². The first-order chi connectivity index (χ1) is 13.4. The van der Waals surface area contributed by atoms with Gasteiger partial charge in [0.25, 0.3) is 16.1 Å². The normalized spacial score (nSPS) is 19.8. The molecule has 1 aliphatic heterocycles. The highest BCUT2D eigenvalue weighted by molar-refractivity contribution is 7.86. The summed E-state index contributed by atoms with van der Waals surface area (Å²) in [4.78, 5) is 14.4. The number of carbonyl (C=O) groups is 1. The van der Waals surface area contributed by atoms with Crippen molar-refractivity contribution < 1.29 is 17.9 Å². The number of hydrogen-bond donors (Lipinski definition) is 0. The molecule has 28 heavy (non-hydrogen) atoms. The number of rotatable bonds is 6. The van der Waals surface area contributed by atoms with Crippen molar-refractivity contribution in [2.75, 3.05) is 39.8 Å². The van der Waals surface area contributed by atoms with E-state index in [1.807, 2.05) is 6.92 Å². The Kier molecular flexibility index (Phi) is 6.95. The Morgan fingerprint density at radius 1 is 1.07 bits per heavy atom. The van der Waals surface area contributed by atoms with E-state index in [0.29, 0.717) is 38.3 Å². The minimum atomic E-state index is -3.48. The topological polar surface area (TPSA) is 70.2 Å². The highest BCUT2D eigenvalue weighted by Gasteiger charge is 2.35. The molecule has 0 aromatic heterocycles. The maximum absolute atomic E-state index is 13.0. The number of piperazine rings is 1. The number of amides is 1. The van der Waals surface area contributed by atoms with Crippen LogP contribution in [0.15, 0.2) is 24.3 Å². The number of carbonyl (C=O) groups excluding carboxylic acids is 1. The Hall–Kier alpha value is -1.64. The summed E-state index contributed by atoms with van der Waals surface area (Å²) in [5.74, 6) is 0.668. The van der Waals surface area contributed by atoms with Crippen LogP contribution in [0, 0.1) is 0 Å². The molecule has 1 amide bonds. The molecule has 1 saturated carbocycles. The average molecular weight is 410 g/mol. The molecule has 8 heteroatoms. The Balaban J connectivity index is 1.57. The summed E-state index contributed by atoms with van der Waals surface area (Å²) in [7, 11) is -1.78. The van der Waals surface area contributed by atoms with Gasteiger partial charge in [0.2, 0.25) is 0 Å². The van der Waals surface area contributed by atoms with E-state index in [1.54, 1.807) is 40.5 Å². The quantitative estimate of drug-likeness (QED) is 0.723. The standard InChI is InChI=1S/C20H31N3O4S/c1-3-27-19-11-9-17(10-12-19)20(24)22-13-15-23(16-14-22)28(25,26)21(2)18-7-5-4-6-8-18/h9-12,18H,3-8,13-16H2,1-2H3. The Morgan fingerprint density at radius 2 is 1.68 bits per heavy atom. The molecule has 1 heterocycles. The molecule has 1 saturated heterocycles. The van der Waals surface area contributed by atoms with E-state index in [2.05, 4.69) is 0 Å². The largest absolute Gasteiger partial charge is 0.494 e. The molecule has 1 aliphatic carbocycles. The molecular weight excluding hydrogens is 378 g/mol. The van der Waals surface area contributed by atoms with Crippen molar-refractivity contribution in [2.45, 2.75) is 45.1 Å².